The molecule has 0 bridgehead atoms. The van der Waals surface area contributed by atoms with Gasteiger partial charge in [-0.25, -0.2) is 4.98 Å². The quantitative estimate of drug-likeness (QED) is 0.644. The predicted octanol–water partition coefficient (Wildman–Crippen LogP) is 2.83. The second-order valence-electron chi connectivity index (χ2n) is 4.67. The van der Waals surface area contributed by atoms with Crippen molar-refractivity contribution in [1.29, 1.82) is 0 Å². The molecule has 6 heteroatoms. The smallest absolute Gasteiger partial charge is 0.271 e. The molecule has 2 aromatic rings. The Hall–Kier alpha value is -2.11. The van der Waals surface area contributed by atoms with Crippen molar-refractivity contribution in [3.8, 4) is 0 Å². The summed E-state index contributed by atoms with van der Waals surface area (Å²) in [5.74, 6) is 0.706. The van der Waals surface area contributed by atoms with E-state index in [1.807, 2.05) is 0 Å². The molecular formula is C12H14N4O2. The molecule has 0 amide bonds. The van der Waals surface area contributed by atoms with Gasteiger partial charge >= 0.3 is 0 Å². The van der Waals surface area contributed by atoms with Crippen LogP contribution in [0.25, 0.3) is 11.0 Å². The van der Waals surface area contributed by atoms with Crippen LogP contribution in [0.3, 0.4) is 0 Å². The van der Waals surface area contributed by atoms with E-state index < -0.39 is 4.92 Å². The summed E-state index contributed by atoms with van der Waals surface area (Å²) in [6.45, 7) is 0. The second kappa shape index (κ2) is 4.29. The lowest BCUT2D eigenvalue weighted by Crippen LogP contribution is -2.15. The van der Waals surface area contributed by atoms with Crippen LogP contribution >= 0.6 is 0 Å². The summed E-state index contributed by atoms with van der Waals surface area (Å²) >= 11 is 0. The highest BCUT2D eigenvalue weighted by Crippen LogP contribution is 2.24. The maximum atomic E-state index is 10.7. The molecular weight excluding hydrogens is 232 g/mol. The molecule has 3 rings (SSSR count). The Balaban J connectivity index is 1.87. The molecule has 1 aromatic carbocycles. The van der Waals surface area contributed by atoms with Crippen molar-refractivity contribution < 1.29 is 4.92 Å². The highest BCUT2D eigenvalue weighted by Gasteiger charge is 2.16. The van der Waals surface area contributed by atoms with Gasteiger partial charge in [-0.2, -0.15) is 0 Å². The number of anilines is 1. The molecule has 0 spiro atoms. The lowest BCUT2D eigenvalue weighted by atomic mass is 10.3. The molecule has 2 N–H and O–H groups in total. The molecule has 0 unspecified atom stereocenters. The minimum absolute atomic E-state index is 0.0820. The fraction of sp³-hybridized carbons (Fsp3) is 0.417. The van der Waals surface area contributed by atoms with E-state index in [1.165, 1.54) is 25.0 Å². The number of imidazole rings is 1. The SMILES string of the molecule is O=[N+]([O-])c1ccc2nc(NC3CCCC3)[nH]c2c1. The summed E-state index contributed by atoms with van der Waals surface area (Å²) in [5, 5.41) is 14.0. The van der Waals surface area contributed by atoms with E-state index in [0.717, 1.165) is 18.4 Å². The first kappa shape index (κ1) is 11.0. The first-order chi connectivity index (χ1) is 8.72. The van der Waals surface area contributed by atoms with Crippen LogP contribution in [0, 0.1) is 10.1 Å². The monoisotopic (exact) mass is 246 g/mol. The highest BCUT2D eigenvalue weighted by atomic mass is 16.6. The van der Waals surface area contributed by atoms with Crippen LogP contribution < -0.4 is 5.32 Å². The third-order valence-corrected chi connectivity index (χ3v) is 3.37. The number of hydrogen-bond acceptors (Lipinski definition) is 4. The predicted molar refractivity (Wildman–Crippen MR) is 68.6 cm³/mol. The van der Waals surface area contributed by atoms with Gasteiger partial charge in [0, 0.05) is 18.2 Å². The van der Waals surface area contributed by atoms with Gasteiger partial charge in [0.05, 0.1) is 16.0 Å². The number of nitrogens with one attached hydrogen (secondary N) is 2. The van der Waals surface area contributed by atoms with E-state index in [2.05, 4.69) is 15.3 Å². The van der Waals surface area contributed by atoms with Crippen LogP contribution in [0.2, 0.25) is 0 Å². The maximum absolute atomic E-state index is 10.7. The van der Waals surface area contributed by atoms with Gasteiger partial charge in [-0.3, -0.25) is 10.1 Å². The molecule has 1 aromatic heterocycles. The second-order valence-corrected chi connectivity index (χ2v) is 4.67. The number of aromatic nitrogens is 2. The van der Waals surface area contributed by atoms with Crippen LogP contribution in [0.1, 0.15) is 25.7 Å². The van der Waals surface area contributed by atoms with Crippen molar-refractivity contribution in [1.82, 2.24) is 9.97 Å². The lowest BCUT2D eigenvalue weighted by Gasteiger charge is -2.09. The molecule has 94 valence electrons. The fourth-order valence-corrected chi connectivity index (χ4v) is 2.44. The Morgan fingerprint density at radius 1 is 1.39 bits per heavy atom. The summed E-state index contributed by atoms with van der Waals surface area (Å²) in [7, 11) is 0. The number of aromatic amines is 1. The number of non-ortho nitro benzene ring substituents is 1. The zero-order valence-electron chi connectivity index (χ0n) is 9.85. The van der Waals surface area contributed by atoms with Crippen LogP contribution in [0.4, 0.5) is 11.6 Å². The minimum atomic E-state index is -0.398. The van der Waals surface area contributed by atoms with Gasteiger partial charge in [-0.05, 0) is 18.9 Å². The molecule has 0 saturated heterocycles. The molecule has 1 heterocycles. The minimum Gasteiger partial charge on any atom is -0.353 e. The van der Waals surface area contributed by atoms with Gasteiger partial charge in [0.25, 0.3) is 5.69 Å². The molecule has 18 heavy (non-hydrogen) atoms. The third kappa shape index (κ3) is 2.01. The van der Waals surface area contributed by atoms with Crippen LogP contribution in [-0.4, -0.2) is 20.9 Å². The molecule has 6 nitrogen and oxygen atoms in total. The van der Waals surface area contributed by atoms with Crippen molar-refractivity contribution in [3.63, 3.8) is 0 Å². The van der Waals surface area contributed by atoms with E-state index >= 15 is 0 Å². The van der Waals surface area contributed by atoms with E-state index in [-0.39, 0.29) is 5.69 Å². The van der Waals surface area contributed by atoms with E-state index in [4.69, 9.17) is 0 Å². The number of fused-ring (bicyclic) bond motifs is 1. The fourth-order valence-electron chi connectivity index (χ4n) is 2.44. The first-order valence-electron chi connectivity index (χ1n) is 6.13. The highest BCUT2D eigenvalue weighted by molar-refractivity contribution is 5.79. The van der Waals surface area contributed by atoms with Crippen molar-refractivity contribution >= 4 is 22.7 Å². The molecule has 0 atom stereocenters. The summed E-state index contributed by atoms with van der Waals surface area (Å²) in [6, 6.07) is 5.13. The summed E-state index contributed by atoms with van der Waals surface area (Å²) in [4.78, 5) is 17.8. The summed E-state index contributed by atoms with van der Waals surface area (Å²) in [6.07, 6.45) is 4.83. The van der Waals surface area contributed by atoms with Gasteiger partial charge in [-0.15, -0.1) is 0 Å². The van der Waals surface area contributed by atoms with Crippen molar-refractivity contribution in [3.05, 3.63) is 28.3 Å². The third-order valence-electron chi connectivity index (χ3n) is 3.37. The number of benzene rings is 1. The Kier molecular flexibility index (Phi) is 2.62. The van der Waals surface area contributed by atoms with Gasteiger partial charge in [-0.1, -0.05) is 12.8 Å². The van der Waals surface area contributed by atoms with Gasteiger partial charge in [0.2, 0.25) is 5.95 Å². The molecule has 1 saturated carbocycles. The Morgan fingerprint density at radius 3 is 2.89 bits per heavy atom. The zero-order chi connectivity index (χ0) is 12.5. The van der Waals surface area contributed by atoms with Crippen LogP contribution in [-0.2, 0) is 0 Å². The van der Waals surface area contributed by atoms with Gasteiger partial charge in [0.15, 0.2) is 0 Å². The average Bonchev–Trinajstić information content (AvgIpc) is 2.96. The molecule has 0 aliphatic heterocycles. The van der Waals surface area contributed by atoms with Crippen LogP contribution in [0.5, 0.6) is 0 Å². The molecule has 0 radical (unpaired) electrons. The lowest BCUT2D eigenvalue weighted by molar-refractivity contribution is -0.384. The summed E-state index contributed by atoms with van der Waals surface area (Å²) < 4.78 is 0. The molecule has 1 fully saturated rings. The average molecular weight is 246 g/mol. The van der Waals surface area contributed by atoms with Crippen LogP contribution in [0.15, 0.2) is 18.2 Å². The van der Waals surface area contributed by atoms with E-state index in [0.29, 0.717) is 17.5 Å². The van der Waals surface area contributed by atoms with Gasteiger partial charge < -0.3 is 10.3 Å². The Morgan fingerprint density at radius 2 is 2.17 bits per heavy atom. The molecule has 1 aliphatic carbocycles. The maximum Gasteiger partial charge on any atom is 0.271 e. The number of rotatable bonds is 3. The van der Waals surface area contributed by atoms with E-state index in [9.17, 15) is 10.1 Å². The van der Waals surface area contributed by atoms with E-state index in [1.54, 1.807) is 6.07 Å². The van der Waals surface area contributed by atoms with Crippen molar-refractivity contribution in [2.45, 2.75) is 31.7 Å². The number of hydrogen-bond donors (Lipinski definition) is 2. The largest absolute Gasteiger partial charge is 0.353 e. The standard InChI is InChI=1S/C12H14N4O2/c17-16(18)9-5-6-10-11(7-9)15-12(14-10)13-8-3-1-2-4-8/h5-8H,1-4H2,(H2,13,14,15). The summed E-state index contributed by atoms with van der Waals surface area (Å²) in [5.41, 5.74) is 1.53. The Labute approximate surface area is 104 Å². The van der Waals surface area contributed by atoms with Crippen molar-refractivity contribution in [2.24, 2.45) is 0 Å². The zero-order valence-corrected chi connectivity index (χ0v) is 9.85. The Bertz CT molecular complexity index is 587. The van der Waals surface area contributed by atoms with Crippen molar-refractivity contribution in [2.75, 3.05) is 5.32 Å². The number of nitro groups is 1. The topological polar surface area (TPSA) is 83.8 Å². The number of H-pyrrole nitrogens is 1. The number of nitro benzene ring substituents is 1. The first-order valence-corrected chi connectivity index (χ1v) is 6.13. The van der Waals surface area contributed by atoms with Gasteiger partial charge in [0.1, 0.15) is 0 Å². The number of nitrogens with zero attached hydrogens (tertiary/aromatic N) is 2. The molecule has 1 aliphatic rings. The normalized spacial score (nSPS) is 16.2.